The van der Waals surface area contributed by atoms with Gasteiger partial charge in [0.25, 0.3) is 0 Å². The number of nitrogens with one attached hydrogen (secondary N) is 1. The molecule has 1 fully saturated rings. The van der Waals surface area contributed by atoms with Gasteiger partial charge in [0.2, 0.25) is 0 Å². The van der Waals surface area contributed by atoms with E-state index in [4.69, 9.17) is 0 Å². The van der Waals surface area contributed by atoms with Crippen LogP contribution in [-0.4, -0.2) is 25.7 Å². The van der Waals surface area contributed by atoms with Crippen molar-refractivity contribution in [1.82, 2.24) is 5.32 Å². The van der Waals surface area contributed by atoms with Crippen LogP contribution < -0.4 is 10.2 Å². The highest BCUT2D eigenvalue weighted by Gasteiger charge is 2.19. The Bertz CT molecular complexity index is 400. The molecule has 1 aliphatic heterocycles. The molecule has 106 valence electrons. The Labute approximate surface area is 113 Å². The Morgan fingerprint density at radius 1 is 1.26 bits per heavy atom. The Morgan fingerprint density at radius 2 is 1.95 bits per heavy atom. The van der Waals surface area contributed by atoms with E-state index >= 15 is 0 Å². The fourth-order valence-electron chi connectivity index (χ4n) is 2.68. The summed E-state index contributed by atoms with van der Waals surface area (Å²) in [6.45, 7) is 6.99. The highest BCUT2D eigenvalue weighted by atomic mass is 19.1. The second-order valence-corrected chi connectivity index (χ2v) is 5.71. The standard InChI is InChI=1S/C15H22F2N2/c1-11(2)6-14-10-19(5-3-4-18-14)15-8-12(16)7-13(17)9-15/h7-9,11,14,18H,3-6,10H2,1-2H3. The van der Waals surface area contributed by atoms with Gasteiger partial charge in [0.1, 0.15) is 11.6 Å². The molecular weight excluding hydrogens is 246 g/mol. The molecule has 1 saturated heterocycles. The number of halogens is 2. The molecule has 1 N–H and O–H groups in total. The molecule has 1 aromatic rings. The van der Waals surface area contributed by atoms with Crippen LogP contribution in [0, 0.1) is 17.6 Å². The van der Waals surface area contributed by atoms with Crippen LogP contribution in [0.4, 0.5) is 14.5 Å². The van der Waals surface area contributed by atoms with Gasteiger partial charge in [-0.3, -0.25) is 0 Å². The number of hydrogen-bond donors (Lipinski definition) is 1. The van der Waals surface area contributed by atoms with E-state index in [0.717, 1.165) is 38.5 Å². The van der Waals surface area contributed by atoms with Crippen molar-refractivity contribution in [3.63, 3.8) is 0 Å². The second-order valence-electron chi connectivity index (χ2n) is 5.71. The molecule has 1 atom stereocenters. The maximum absolute atomic E-state index is 13.3. The fourth-order valence-corrected chi connectivity index (χ4v) is 2.68. The number of rotatable bonds is 3. The molecule has 0 spiro atoms. The minimum Gasteiger partial charge on any atom is -0.370 e. The summed E-state index contributed by atoms with van der Waals surface area (Å²) in [5.74, 6) is -0.401. The predicted molar refractivity (Wildman–Crippen MR) is 74.4 cm³/mol. The number of anilines is 1. The Balaban J connectivity index is 2.12. The van der Waals surface area contributed by atoms with Crippen LogP contribution in [0.15, 0.2) is 18.2 Å². The van der Waals surface area contributed by atoms with Gasteiger partial charge in [0, 0.05) is 30.9 Å². The van der Waals surface area contributed by atoms with Crippen molar-refractivity contribution in [3.8, 4) is 0 Å². The van der Waals surface area contributed by atoms with Gasteiger partial charge in [-0.15, -0.1) is 0 Å². The van der Waals surface area contributed by atoms with Crippen LogP contribution in [0.2, 0.25) is 0 Å². The first kappa shape index (κ1) is 14.3. The molecule has 4 heteroatoms. The number of benzene rings is 1. The average Bonchev–Trinajstić information content (AvgIpc) is 2.52. The number of nitrogens with zero attached hydrogens (tertiary/aromatic N) is 1. The van der Waals surface area contributed by atoms with Gasteiger partial charge in [-0.25, -0.2) is 8.78 Å². The summed E-state index contributed by atoms with van der Waals surface area (Å²) in [6.07, 6.45) is 2.07. The molecule has 2 rings (SSSR count). The quantitative estimate of drug-likeness (QED) is 0.905. The first-order valence-electron chi connectivity index (χ1n) is 6.99. The molecule has 2 nitrogen and oxygen atoms in total. The lowest BCUT2D eigenvalue weighted by Crippen LogP contribution is -2.38. The second kappa shape index (κ2) is 6.33. The molecular formula is C15H22F2N2. The van der Waals surface area contributed by atoms with E-state index in [1.54, 1.807) is 0 Å². The van der Waals surface area contributed by atoms with Crippen molar-refractivity contribution in [2.45, 2.75) is 32.7 Å². The molecule has 0 aromatic heterocycles. The van der Waals surface area contributed by atoms with Crippen molar-refractivity contribution < 1.29 is 8.78 Å². The molecule has 0 aliphatic carbocycles. The van der Waals surface area contributed by atoms with E-state index in [9.17, 15) is 8.78 Å². The van der Waals surface area contributed by atoms with E-state index in [-0.39, 0.29) is 0 Å². The van der Waals surface area contributed by atoms with Crippen LogP contribution in [0.25, 0.3) is 0 Å². The molecule has 1 unspecified atom stereocenters. The van der Waals surface area contributed by atoms with E-state index < -0.39 is 11.6 Å². The maximum atomic E-state index is 13.3. The van der Waals surface area contributed by atoms with Crippen molar-refractivity contribution in [2.75, 3.05) is 24.5 Å². The summed E-state index contributed by atoms with van der Waals surface area (Å²) < 4.78 is 26.6. The van der Waals surface area contributed by atoms with Gasteiger partial charge in [-0.1, -0.05) is 13.8 Å². The predicted octanol–water partition coefficient (Wildman–Crippen LogP) is 3.18. The van der Waals surface area contributed by atoms with Crippen molar-refractivity contribution in [3.05, 3.63) is 29.8 Å². The van der Waals surface area contributed by atoms with Crippen LogP contribution in [0.5, 0.6) is 0 Å². The minimum absolute atomic E-state index is 0.383. The van der Waals surface area contributed by atoms with Crippen LogP contribution in [-0.2, 0) is 0 Å². The van der Waals surface area contributed by atoms with Crippen molar-refractivity contribution >= 4 is 5.69 Å². The van der Waals surface area contributed by atoms with E-state index in [1.165, 1.54) is 12.1 Å². The van der Waals surface area contributed by atoms with Crippen LogP contribution in [0.1, 0.15) is 26.7 Å². The summed E-state index contributed by atoms with van der Waals surface area (Å²) in [6, 6.07) is 4.14. The van der Waals surface area contributed by atoms with E-state index in [0.29, 0.717) is 17.6 Å². The zero-order valence-electron chi connectivity index (χ0n) is 11.6. The van der Waals surface area contributed by atoms with Crippen LogP contribution in [0.3, 0.4) is 0 Å². The molecule has 0 amide bonds. The molecule has 0 bridgehead atoms. The Hall–Kier alpha value is -1.16. The SMILES string of the molecule is CC(C)CC1CN(c2cc(F)cc(F)c2)CCCN1. The topological polar surface area (TPSA) is 15.3 Å². The molecule has 1 aromatic carbocycles. The van der Waals surface area contributed by atoms with Gasteiger partial charge >= 0.3 is 0 Å². The van der Waals surface area contributed by atoms with Crippen molar-refractivity contribution in [2.24, 2.45) is 5.92 Å². The lowest BCUT2D eigenvalue weighted by Gasteiger charge is -2.27. The summed E-state index contributed by atoms with van der Waals surface area (Å²) in [4.78, 5) is 2.08. The summed E-state index contributed by atoms with van der Waals surface area (Å²) in [5.41, 5.74) is 0.648. The first-order valence-corrected chi connectivity index (χ1v) is 6.99. The third kappa shape index (κ3) is 4.16. The minimum atomic E-state index is -0.507. The first-order chi connectivity index (χ1) is 9.04. The van der Waals surface area contributed by atoms with E-state index in [2.05, 4.69) is 24.1 Å². The largest absolute Gasteiger partial charge is 0.370 e. The lowest BCUT2D eigenvalue weighted by molar-refractivity contribution is 0.436. The van der Waals surface area contributed by atoms with Crippen molar-refractivity contribution in [1.29, 1.82) is 0 Å². The van der Waals surface area contributed by atoms with Gasteiger partial charge in [0.05, 0.1) is 0 Å². The van der Waals surface area contributed by atoms with Gasteiger partial charge in [-0.2, -0.15) is 0 Å². The number of hydrogen-bond acceptors (Lipinski definition) is 2. The summed E-state index contributed by atoms with van der Waals surface area (Å²) in [5, 5.41) is 3.51. The molecule has 1 aliphatic rings. The third-order valence-electron chi connectivity index (χ3n) is 3.45. The lowest BCUT2D eigenvalue weighted by atomic mass is 10.0. The molecule has 1 heterocycles. The third-order valence-corrected chi connectivity index (χ3v) is 3.45. The zero-order valence-corrected chi connectivity index (χ0v) is 11.6. The average molecular weight is 268 g/mol. The smallest absolute Gasteiger partial charge is 0.128 e. The highest BCUT2D eigenvalue weighted by Crippen LogP contribution is 2.21. The summed E-state index contributed by atoms with van der Waals surface area (Å²) in [7, 11) is 0. The molecule has 0 radical (unpaired) electrons. The van der Waals surface area contributed by atoms with Gasteiger partial charge in [0.15, 0.2) is 0 Å². The van der Waals surface area contributed by atoms with Gasteiger partial charge < -0.3 is 10.2 Å². The van der Waals surface area contributed by atoms with Crippen LogP contribution >= 0.6 is 0 Å². The zero-order chi connectivity index (χ0) is 13.8. The van der Waals surface area contributed by atoms with Gasteiger partial charge in [-0.05, 0) is 37.4 Å². The highest BCUT2D eigenvalue weighted by molar-refractivity contribution is 5.47. The Kier molecular flexibility index (Phi) is 4.75. The maximum Gasteiger partial charge on any atom is 0.128 e. The normalized spacial score (nSPS) is 20.7. The molecule has 19 heavy (non-hydrogen) atoms. The Morgan fingerprint density at radius 3 is 2.58 bits per heavy atom. The monoisotopic (exact) mass is 268 g/mol. The van der Waals surface area contributed by atoms with E-state index in [1.807, 2.05) is 0 Å². The fraction of sp³-hybridized carbons (Fsp3) is 0.600. The molecule has 0 saturated carbocycles. The summed E-state index contributed by atoms with van der Waals surface area (Å²) >= 11 is 0.